The van der Waals surface area contributed by atoms with E-state index in [0.29, 0.717) is 24.9 Å². The van der Waals surface area contributed by atoms with Crippen LogP contribution in [0, 0.1) is 0 Å². The molecule has 2 aromatic rings. The van der Waals surface area contributed by atoms with Crippen LogP contribution >= 0.6 is 0 Å². The molecule has 0 amide bonds. The number of rotatable bonds is 13. The summed E-state index contributed by atoms with van der Waals surface area (Å²) in [5.41, 5.74) is 27.7. The van der Waals surface area contributed by atoms with E-state index in [-0.39, 0.29) is 31.0 Å². The third-order valence-electron chi connectivity index (χ3n) is 4.84. The van der Waals surface area contributed by atoms with Gasteiger partial charge in [0.25, 0.3) is 0 Å². The van der Waals surface area contributed by atoms with Crippen molar-refractivity contribution >= 4 is 29.8 Å². The Hall–Kier alpha value is -4.73. The molecule has 0 aromatic heterocycles. The van der Waals surface area contributed by atoms with Crippen LogP contribution in [0.2, 0.25) is 0 Å². The van der Waals surface area contributed by atoms with Gasteiger partial charge in [-0.2, -0.15) is 0 Å². The molecular weight excluding hydrogens is 552 g/mol. The number of nitrogens with zero attached hydrogens (tertiary/aromatic N) is 1. The molecule has 2 atom stereocenters. The van der Waals surface area contributed by atoms with Crippen molar-refractivity contribution in [2.45, 2.75) is 50.6 Å². The SMILES string of the molecule is NC(N)=NCCC[C@H](N)C(=O)O.NCCc1ccccc1.N[C@@H](CCC(=O)O)C(=O)O.O=C(O)Cc1ccc(O)cc1. The number of carboxylic acids is 4. The summed E-state index contributed by atoms with van der Waals surface area (Å²) >= 11 is 0. The second-order valence-corrected chi connectivity index (χ2v) is 8.53. The third-order valence-corrected chi connectivity index (χ3v) is 4.84. The number of nitrogens with two attached hydrogens (primary N) is 5. The normalized spacial score (nSPS) is 10.9. The zero-order valence-electron chi connectivity index (χ0n) is 23.2. The Morgan fingerprint density at radius 3 is 1.69 bits per heavy atom. The molecule has 0 bridgehead atoms. The number of aromatic hydroxyl groups is 1. The number of hydrogen-bond donors (Lipinski definition) is 10. The third kappa shape index (κ3) is 25.5. The topological polar surface area (TPSA) is 312 Å². The number of carboxylic acid groups (broad SMARTS) is 4. The Morgan fingerprint density at radius 1 is 0.738 bits per heavy atom. The van der Waals surface area contributed by atoms with Gasteiger partial charge in [-0.25, -0.2) is 0 Å². The summed E-state index contributed by atoms with van der Waals surface area (Å²) in [5.74, 6) is -3.90. The lowest BCUT2D eigenvalue weighted by Crippen LogP contribution is -2.30. The minimum atomic E-state index is -1.17. The second kappa shape index (κ2) is 24.1. The quantitative estimate of drug-likeness (QED) is 0.0824. The van der Waals surface area contributed by atoms with Crippen molar-refractivity contribution in [1.29, 1.82) is 0 Å². The average Bonchev–Trinajstić information content (AvgIpc) is 2.92. The maximum absolute atomic E-state index is 10.2. The van der Waals surface area contributed by atoms with Gasteiger partial charge in [0.2, 0.25) is 0 Å². The standard InChI is InChI=1S/C8H11N.C8H8O3.C6H14N4O2.C5H9NO4/c9-7-6-8-4-2-1-3-5-8;9-7-3-1-6(2-4-7)5-8(10)11;7-4(5(11)12)2-1-3-10-6(8)9;6-3(5(9)10)1-2-4(7)8/h1-5H,6-7,9H2;1-4,9H,5H2,(H,10,11);4H,1-3,7H2,(H,11,12)(H4,8,9,10);3H,1-2,6H2,(H,7,8)(H,9,10)/t;;4-;3-/m..00/s1. The first-order valence-corrected chi connectivity index (χ1v) is 12.7. The Kier molecular flexibility index (Phi) is 22.6. The van der Waals surface area contributed by atoms with E-state index in [4.69, 9.17) is 54.2 Å². The number of aliphatic imine (C=N–C) groups is 1. The van der Waals surface area contributed by atoms with Gasteiger partial charge in [-0.3, -0.25) is 24.2 Å². The van der Waals surface area contributed by atoms with E-state index in [1.807, 2.05) is 18.2 Å². The van der Waals surface area contributed by atoms with E-state index >= 15 is 0 Å². The first-order valence-electron chi connectivity index (χ1n) is 12.7. The summed E-state index contributed by atoms with van der Waals surface area (Å²) in [7, 11) is 0. The second-order valence-electron chi connectivity index (χ2n) is 8.53. The van der Waals surface area contributed by atoms with Gasteiger partial charge >= 0.3 is 23.9 Å². The van der Waals surface area contributed by atoms with Crippen molar-refractivity contribution in [2.75, 3.05) is 13.1 Å². The minimum absolute atomic E-state index is 0.000278. The molecule has 0 aliphatic rings. The first-order chi connectivity index (χ1) is 19.7. The molecule has 0 saturated heterocycles. The number of guanidine groups is 1. The van der Waals surface area contributed by atoms with Crippen molar-refractivity contribution in [1.82, 2.24) is 0 Å². The monoisotopic (exact) mass is 594 g/mol. The van der Waals surface area contributed by atoms with Crippen molar-refractivity contribution in [3.8, 4) is 5.75 Å². The summed E-state index contributed by atoms with van der Waals surface area (Å²) in [6.07, 6.45) is 1.72. The molecule has 15 heteroatoms. The molecule has 0 radical (unpaired) electrons. The molecule has 0 spiro atoms. The summed E-state index contributed by atoms with van der Waals surface area (Å²) in [6, 6.07) is 14.5. The first kappa shape index (κ1) is 39.4. The molecule has 0 aliphatic carbocycles. The van der Waals surface area contributed by atoms with Crippen LogP contribution < -0.4 is 28.7 Å². The lowest BCUT2D eigenvalue weighted by Gasteiger charge is -2.03. The van der Waals surface area contributed by atoms with Crippen molar-refractivity contribution in [3.05, 3.63) is 65.7 Å². The fourth-order valence-corrected chi connectivity index (χ4v) is 2.65. The number of hydrogen-bond acceptors (Lipinski definition) is 9. The predicted octanol–water partition coefficient (Wildman–Crippen LogP) is -0.0779. The highest BCUT2D eigenvalue weighted by Crippen LogP contribution is 2.09. The molecule has 2 rings (SSSR count). The molecule has 234 valence electrons. The van der Waals surface area contributed by atoms with Gasteiger partial charge in [0.15, 0.2) is 5.96 Å². The Labute approximate surface area is 243 Å². The molecular formula is C27H42N6O9. The Bertz CT molecular complexity index is 1080. The maximum Gasteiger partial charge on any atom is 0.320 e. The van der Waals surface area contributed by atoms with E-state index in [0.717, 1.165) is 13.0 Å². The summed E-state index contributed by atoms with van der Waals surface area (Å²) < 4.78 is 0. The van der Waals surface area contributed by atoms with Gasteiger partial charge in [-0.1, -0.05) is 42.5 Å². The number of carbonyl (C=O) groups is 4. The van der Waals surface area contributed by atoms with Crippen LogP contribution in [-0.4, -0.2) is 80.5 Å². The van der Waals surface area contributed by atoms with Crippen LogP contribution in [0.5, 0.6) is 5.75 Å². The lowest BCUT2D eigenvalue weighted by molar-refractivity contribution is -0.140. The smallest absolute Gasteiger partial charge is 0.320 e. The fraction of sp³-hybridized carbons (Fsp3) is 0.370. The molecule has 15 nitrogen and oxygen atoms in total. The van der Waals surface area contributed by atoms with Gasteiger partial charge in [0.05, 0.1) is 6.42 Å². The summed E-state index contributed by atoms with van der Waals surface area (Å²) in [5, 5.41) is 41.9. The van der Waals surface area contributed by atoms with Gasteiger partial charge < -0.3 is 54.2 Å². The highest BCUT2D eigenvalue weighted by molar-refractivity contribution is 5.76. The number of phenolic OH excluding ortho intramolecular Hbond substituents is 1. The Balaban J connectivity index is 0. The van der Waals surface area contributed by atoms with Crippen molar-refractivity contribution in [3.63, 3.8) is 0 Å². The zero-order valence-corrected chi connectivity index (χ0v) is 23.2. The molecule has 15 N–H and O–H groups in total. The van der Waals surface area contributed by atoms with Crippen LogP contribution in [-0.2, 0) is 32.0 Å². The van der Waals surface area contributed by atoms with Crippen LogP contribution in [0.1, 0.15) is 36.8 Å². The van der Waals surface area contributed by atoms with E-state index < -0.39 is 36.0 Å². The summed E-state index contributed by atoms with van der Waals surface area (Å²) in [4.78, 5) is 44.0. The zero-order chi connectivity index (χ0) is 32.5. The van der Waals surface area contributed by atoms with Crippen LogP contribution in [0.3, 0.4) is 0 Å². The number of phenols is 1. The van der Waals surface area contributed by atoms with Crippen molar-refractivity contribution in [2.24, 2.45) is 33.7 Å². The van der Waals surface area contributed by atoms with Gasteiger partial charge in [0.1, 0.15) is 17.8 Å². The number of aliphatic carboxylic acids is 4. The van der Waals surface area contributed by atoms with Gasteiger partial charge in [-0.15, -0.1) is 0 Å². The van der Waals surface area contributed by atoms with Crippen molar-refractivity contribution < 1.29 is 44.7 Å². The van der Waals surface area contributed by atoms with E-state index in [1.165, 1.54) is 17.7 Å². The van der Waals surface area contributed by atoms with E-state index in [1.54, 1.807) is 12.1 Å². The maximum atomic E-state index is 10.2. The average molecular weight is 595 g/mol. The van der Waals surface area contributed by atoms with Gasteiger partial charge in [0, 0.05) is 13.0 Å². The molecule has 0 aliphatic heterocycles. The lowest BCUT2D eigenvalue weighted by atomic mass is 10.1. The molecule has 0 unspecified atom stereocenters. The van der Waals surface area contributed by atoms with Crippen LogP contribution in [0.15, 0.2) is 59.6 Å². The highest BCUT2D eigenvalue weighted by Gasteiger charge is 2.12. The molecule has 0 fully saturated rings. The molecule has 0 saturated carbocycles. The molecule has 42 heavy (non-hydrogen) atoms. The summed E-state index contributed by atoms with van der Waals surface area (Å²) in [6.45, 7) is 1.16. The number of benzene rings is 2. The van der Waals surface area contributed by atoms with Crippen LogP contribution in [0.25, 0.3) is 0 Å². The molecule has 0 heterocycles. The predicted molar refractivity (Wildman–Crippen MR) is 157 cm³/mol. The molecule has 2 aromatic carbocycles. The largest absolute Gasteiger partial charge is 0.508 e. The highest BCUT2D eigenvalue weighted by atomic mass is 16.4. The van der Waals surface area contributed by atoms with E-state index in [2.05, 4.69) is 17.1 Å². The minimum Gasteiger partial charge on any atom is -0.508 e. The fourth-order valence-electron chi connectivity index (χ4n) is 2.65. The van der Waals surface area contributed by atoms with Gasteiger partial charge in [-0.05, 0) is 55.5 Å². The van der Waals surface area contributed by atoms with E-state index in [9.17, 15) is 19.2 Å². The Morgan fingerprint density at radius 2 is 1.26 bits per heavy atom. The van der Waals surface area contributed by atoms with Crippen LogP contribution in [0.4, 0.5) is 0 Å².